The molecule has 0 aliphatic heterocycles. The Labute approximate surface area is 152 Å². The zero-order chi connectivity index (χ0) is 18.5. The number of aryl methyl sites for hydroxylation is 2. The average molecular weight is 347 g/mol. The minimum atomic E-state index is -0.690. The number of benzene rings is 2. The highest BCUT2D eigenvalue weighted by molar-refractivity contribution is 6.40. The molecule has 0 aliphatic carbocycles. The van der Waals surface area contributed by atoms with E-state index in [4.69, 9.17) is 0 Å². The smallest absolute Gasteiger partial charge is 0.313 e. The van der Waals surface area contributed by atoms with E-state index >= 15 is 0 Å². The van der Waals surface area contributed by atoms with Gasteiger partial charge in [0.25, 0.3) is 0 Å². The molecule has 3 rings (SSSR count). The second-order valence-corrected chi connectivity index (χ2v) is 6.28. The largest absolute Gasteiger partial charge is 0.347 e. The van der Waals surface area contributed by atoms with Crippen molar-refractivity contribution in [3.05, 3.63) is 71.4 Å². The van der Waals surface area contributed by atoms with Crippen molar-refractivity contribution in [3.8, 4) is 0 Å². The highest BCUT2D eigenvalue weighted by Crippen LogP contribution is 2.21. The molecule has 0 fully saturated rings. The molecule has 0 bridgehead atoms. The second kappa shape index (κ2) is 7.78. The van der Waals surface area contributed by atoms with E-state index in [1.807, 2.05) is 56.3 Å². The number of hydrogen-bond donors (Lipinski definition) is 2. The molecule has 1 aromatic heterocycles. The van der Waals surface area contributed by atoms with Crippen molar-refractivity contribution in [1.82, 2.24) is 10.3 Å². The van der Waals surface area contributed by atoms with Gasteiger partial charge in [-0.15, -0.1) is 0 Å². The van der Waals surface area contributed by atoms with E-state index in [2.05, 4.69) is 21.7 Å². The van der Waals surface area contributed by atoms with Crippen LogP contribution in [-0.2, 0) is 16.0 Å². The molecular weight excluding hydrogens is 326 g/mol. The van der Waals surface area contributed by atoms with Crippen molar-refractivity contribution in [2.24, 2.45) is 0 Å². The van der Waals surface area contributed by atoms with E-state index in [0.717, 1.165) is 16.6 Å². The zero-order valence-electron chi connectivity index (χ0n) is 14.9. The lowest BCUT2D eigenvalue weighted by atomic mass is 10.1. The van der Waals surface area contributed by atoms with Crippen LogP contribution in [0.3, 0.4) is 0 Å². The zero-order valence-corrected chi connectivity index (χ0v) is 14.9. The van der Waals surface area contributed by atoms with Crippen molar-refractivity contribution < 1.29 is 9.59 Å². The Balaban J connectivity index is 1.61. The number of para-hydroxylation sites is 1. The lowest BCUT2D eigenvalue weighted by molar-refractivity contribution is -0.136. The SMILES string of the molecule is Cc1cccc(CCNC(=O)C(=O)Nc2cccc3ccc(C)nc23)c1. The minimum absolute atomic E-state index is 0.405. The number of anilines is 1. The summed E-state index contributed by atoms with van der Waals surface area (Å²) < 4.78 is 0. The van der Waals surface area contributed by atoms with Crippen molar-refractivity contribution in [3.63, 3.8) is 0 Å². The van der Waals surface area contributed by atoms with Gasteiger partial charge in [0, 0.05) is 17.6 Å². The first kappa shape index (κ1) is 17.6. The fourth-order valence-corrected chi connectivity index (χ4v) is 2.79. The molecule has 5 nitrogen and oxygen atoms in total. The molecule has 0 unspecified atom stereocenters. The number of nitrogens with one attached hydrogen (secondary N) is 2. The van der Waals surface area contributed by atoms with Crippen molar-refractivity contribution in [1.29, 1.82) is 0 Å². The van der Waals surface area contributed by atoms with Gasteiger partial charge >= 0.3 is 11.8 Å². The van der Waals surface area contributed by atoms with Crippen molar-refractivity contribution in [2.45, 2.75) is 20.3 Å². The Hall–Kier alpha value is -3.21. The lowest BCUT2D eigenvalue weighted by Gasteiger charge is -2.09. The van der Waals surface area contributed by atoms with Crippen molar-refractivity contribution >= 4 is 28.4 Å². The van der Waals surface area contributed by atoms with Gasteiger partial charge in [-0.25, -0.2) is 0 Å². The molecule has 5 heteroatoms. The maximum absolute atomic E-state index is 12.2. The number of pyridine rings is 1. The summed E-state index contributed by atoms with van der Waals surface area (Å²) in [5.74, 6) is -1.34. The van der Waals surface area contributed by atoms with Crippen LogP contribution in [0.2, 0.25) is 0 Å². The molecule has 0 atom stereocenters. The van der Waals surface area contributed by atoms with Crippen LogP contribution < -0.4 is 10.6 Å². The lowest BCUT2D eigenvalue weighted by Crippen LogP contribution is -2.36. The molecule has 3 aromatic rings. The van der Waals surface area contributed by atoms with Gasteiger partial charge in [0.1, 0.15) is 0 Å². The quantitative estimate of drug-likeness (QED) is 0.712. The third kappa shape index (κ3) is 4.25. The first-order valence-corrected chi connectivity index (χ1v) is 8.54. The van der Waals surface area contributed by atoms with Crippen LogP contribution in [0.5, 0.6) is 0 Å². The van der Waals surface area contributed by atoms with E-state index in [1.165, 1.54) is 5.56 Å². The summed E-state index contributed by atoms with van der Waals surface area (Å²) in [5, 5.41) is 6.23. The van der Waals surface area contributed by atoms with Gasteiger partial charge in [-0.3, -0.25) is 14.6 Å². The number of carbonyl (C=O) groups excluding carboxylic acids is 2. The monoisotopic (exact) mass is 347 g/mol. The Morgan fingerprint density at radius 1 is 0.962 bits per heavy atom. The van der Waals surface area contributed by atoms with E-state index in [-0.39, 0.29) is 0 Å². The molecule has 26 heavy (non-hydrogen) atoms. The molecule has 0 saturated carbocycles. The number of carbonyl (C=O) groups is 2. The Kier molecular flexibility index (Phi) is 5.27. The Morgan fingerprint density at radius 2 is 1.77 bits per heavy atom. The second-order valence-electron chi connectivity index (χ2n) is 6.28. The van der Waals surface area contributed by atoms with E-state index in [9.17, 15) is 9.59 Å². The molecule has 2 aromatic carbocycles. The highest BCUT2D eigenvalue weighted by Gasteiger charge is 2.15. The van der Waals surface area contributed by atoms with Crippen LogP contribution in [0.25, 0.3) is 10.9 Å². The summed E-state index contributed by atoms with van der Waals surface area (Å²) >= 11 is 0. The van der Waals surface area contributed by atoms with Crippen molar-refractivity contribution in [2.75, 3.05) is 11.9 Å². The van der Waals surface area contributed by atoms with Crippen LogP contribution in [0.1, 0.15) is 16.8 Å². The fourth-order valence-electron chi connectivity index (χ4n) is 2.79. The van der Waals surface area contributed by atoms with E-state index in [0.29, 0.717) is 24.2 Å². The van der Waals surface area contributed by atoms with Crippen LogP contribution in [-0.4, -0.2) is 23.3 Å². The highest BCUT2D eigenvalue weighted by atomic mass is 16.2. The summed E-state index contributed by atoms with van der Waals surface area (Å²) in [6, 6.07) is 17.4. The van der Waals surface area contributed by atoms with Gasteiger partial charge in [-0.05, 0) is 38.0 Å². The number of nitrogens with zero attached hydrogens (tertiary/aromatic N) is 1. The molecule has 2 N–H and O–H groups in total. The Bertz CT molecular complexity index is 966. The third-order valence-corrected chi connectivity index (χ3v) is 4.10. The standard InChI is InChI=1S/C21H21N3O2/c1-14-5-3-6-16(13-14)11-12-22-20(25)21(26)24-18-8-4-7-17-10-9-15(2)23-19(17)18/h3-10,13H,11-12H2,1-2H3,(H,22,25)(H,24,26). The predicted octanol–water partition coefficient (Wildman–Crippen LogP) is 3.15. The number of rotatable bonds is 4. The van der Waals surface area contributed by atoms with Gasteiger partial charge in [0.05, 0.1) is 11.2 Å². The van der Waals surface area contributed by atoms with Crippen LogP contribution in [0, 0.1) is 13.8 Å². The number of fused-ring (bicyclic) bond motifs is 1. The van der Waals surface area contributed by atoms with Gasteiger partial charge < -0.3 is 10.6 Å². The first-order chi connectivity index (χ1) is 12.5. The normalized spacial score (nSPS) is 10.5. The molecule has 0 radical (unpaired) electrons. The van der Waals surface area contributed by atoms with Gasteiger partial charge in [-0.2, -0.15) is 0 Å². The predicted molar refractivity (Wildman–Crippen MR) is 103 cm³/mol. The summed E-state index contributed by atoms with van der Waals surface area (Å²) in [7, 11) is 0. The van der Waals surface area contributed by atoms with E-state index in [1.54, 1.807) is 6.07 Å². The number of aromatic nitrogens is 1. The summed E-state index contributed by atoms with van der Waals surface area (Å²) in [4.78, 5) is 28.7. The summed E-state index contributed by atoms with van der Waals surface area (Å²) in [5.41, 5.74) is 4.35. The molecule has 0 spiro atoms. The Morgan fingerprint density at radius 3 is 2.58 bits per heavy atom. The van der Waals surface area contributed by atoms with Crippen LogP contribution in [0.4, 0.5) is 5.69 Å². The van der Waals surface area contributed by atoms with E-state index < -0.39 is 11.8 Å². The van der Waals surface area contributed by atoms with Gasteiger partial charge in [-0.1, -0.05) is 48.0 Å². The molecule has 132 valence electrons. The third-order valence-electron chi connectivity index (χ3n) is 4.10. The van der Waals surface area contributed by atoms with Crippen LogP contribution >= 0.6 is 0 Å². The molecule has 0 saturated heterocycles. The maximum atomic E-state index is 12.2. The maximum Gasteiger partial charge on any atom is 0.313 e. The number of hydrogen-bond acceptors (Lipinski definition) is 3. The molecule has 2 amide bonds. The first-order valence-electron chi connectivity index (χ1n) is 8.54. The molecular formula is C21H21N3O2. The molecule has 0 aliphatic rings. The van der Waals surface area contributed by atoms with Gasteiger partial charge in [0.15, 0.2) is 0 Å². The number of amides is 2. The topological polar surface area (TPSA) is 71.1 Å². The van der Waals surface area contributed by atoms with Crippen LogP contribution in [0.15, 0.2) is 54.6 Å². The fraction of sp³-hybridized carbons (Fsp3) is 0.190. The van der Waals surface area contributed by atoms with Gasteiger partial charge in [0.2, 0.25) is 0 Å². The molecule has 1 heterocycles. The summed E-state index contributed by atoms with van der Waals surface area (Å²) in [6.07, 6.45) is 0.676. The summed E-state index contributed by atoms with van der Waals surface area (Å²) in [6.45, 7) is 4.31. The minimum Gasteiger partial charge on any atom is -0.347 e. The average Bonchev–Trinajstić information content (AvgIpc) is 2.62.